The molecule has 1 saturated heterocycles. The molecule has 184 valence electrons. The maximum Gasteiger partial charge on any atom is 0.338 e. The largest absolute Gasteiger partial charge is 0.465 e. The summed E-state index contributed by atoms with van der Waals surface area (Å²) in [5.74, 6) is -1.08. The molecule has 0 amide bonds. The van der Waals surface area contributed by atoms with Gasteiger partial charge in [-0.1, -0.05) is 19.9 Å². The number of carbonyl (C=O) groups is 3. The van der Waals surface area contributed by atoms with E-state index >= 15 is 0 Å². The van der Waals surface area contributed by atoms with Crippen LogP contribution in [0.25, 0.3) is 0 Å². The van der Waals surface area contributed by atoms with Crippen molar-refractivity contribution in [2.75, 3.05) is 6.61 Å². The van der Waals surface area contributed by atoms with Gasteiger partial charge in [-0.2, -0.15) is 0 Å². The van der Waals surface area contributed by atoms with Crippen LogP contribution >= 0.6 is 0 Å². The minimum absolute atomic E-state index is 0.0318. The van der Waals surface area contributed by atoms with Crippen LogP contribution in [0, 0.1) is 44.1 Å². The molecule has 0 radical (unpaired) electrons. The molecule has 1 aromatic carbocycles. The van der Waals surface area contributed by atoms with Crippen LogP contribution in [-0.2, 0) is 19.1 Å². The third-order valence-electron chi connectivity index (χ3n) is 10.2. The molecule has 6 aliphatic rings. The summed E-state index contributed by atoms with van der Waals surface area (Å²) in [5, 5.41) is 11.0. The Morgan fingerprint density at radius 2 is 1.86 bits per heavy atom. The van der Waals surface area contributed by atoms with Crippen LogP contribution in [0.4, 0.5) is 5.69 Å². The number of nitro groups is 1. The van der Waals surface area contributed by atoms with Gasteiger partial charge in [0.05, 0.1) is 27.9 Å². The first-order valence-corrected chi connectivity index (χ1v) is 12.5. The third kappa shape index (κ3) is 2.76. The lowest BCUT2D eigenvalue weighted by Gasteiger charge is -2.69. The van der Waals surface area contributed by atoms with Gasteiger partial charge in [0.2, 0.25) is 0 Å². The molecule has 5 aliphatic carbocycles. The van der Waals surface area contributed by atoms with Crippen molar-refractivity contribution in [1.29, 1.82) is 0 Å². The van der Waals surface area contributed by atoms with Gasteiger partial charge in [0.1, 0.15) is 6.10 Å². The number of cyclic esters (lactones) is 1. The molecule has 0 aromatic heterocycles. The van der Waals surface area contributed by atoms with Crippen LogP contribution in [-0.4, -0.2) is 35.4 Å². The maximum atomic E-state index is 13.9. The van der Waals surface area contributed by atoms with Gasteiger partial charge in [-0.3, -0.25) is 19.7 Å². The molecule has 35 heavy (non-hydrogen) atoms. The fourth-order valence-electron chi connectivity index (χ4n) is 8.56. The van der Waals surface area contributed by atoms with Crippen molar-refractivity contribution in [3.63, 3.8) is 0 Å². The predicted octanol–water partition coefficient (Wildman–Crippen LogP) is 4.42. The fraction of sp³-hybridized carbons (Fsp3) is 0.593. The summed E-state index contributed by atoms with van der Waals surface area (Å²) in [5.41, 5.74) is -1.25. The number of fused-ring (bicyclic) bond motifs is 2. The van der Waals surface area contributed by atoms with Gasteiger partial charge >= 0.3 is 11.9 Å². The topological polar surface area (TPSA) is 113 Å². The number of nitrogens with zero attached hydrogens (tertiary/aromatic N) is 1. The number of Topliss-reactive ketones (excluding diaryl/α,β-unsaturated/α-hetero) is 1. The number of ketones is 1. The highest BCUT2D eigenvalue weighted by atomic mass is 16.6. The van der Waals surface area contributed by atoms with Crippen molar-refractivity contribution < 1.29 is 28.8 Å². The van der Waals surface area contributed by atoms with Gasteiger partial charge in [0.25, 0.3) is 5.69 Å². The molecule has 8 heteroatoms. The molecule has 0 N–H and O–H groups in total. The summed E-state index contributed by atoms with van der Waals surface area (Å²) in [6, 6.07) is 5.31. The Labute approximate surface area is 203 Å². The smallest absolute Gasteiger partial charge is 0.338 e. The van der Waals surface area contributed by atoms with Crippen LogP contribution in [0.3, 0.4) is 0 Å². The minimum atomic E-state index is -0.979. The number of ether oxygens (including phenoxy) is 2. The van der Waals surface area contributed by atoms with Gasteiger partial charge in [-0.05, 0) is 74.0 Å². The van der Waals surface area contributed by atoms with E-state index in [0.29, 0.717) is 37.9 Å². The fourth-order valence-corrected chi connectivity index (χ4v) is 8.56. The molecule has 1 aliphatic heterocycles. The zero-order valence-corrected chi connectivity index (χ0v) is 19.8. The first kappa shape index (κ1) is 22.4. The van der Waals surface area contributed by atoms with Crippen LogP contribution in [0.5, 0.6) is 0 Å². The molecule has 1 heterocycles. The maximum absolute atomic E-state index is 13.9. The van der Waals surface area contributed by atoms with E-state index in [1.54, 1.807) is 0 Å². The Hall–Kier alpha value is -3.03. The number of benzene rings is 1. The van der Waals surface area contributed by atoms with Gasteiger partial charge in [-0.15, -0.1) is 0 Å². The normalized spacial score (nSPS) is 41.5. The van der Waals surface area contributed by atoms with Crippen molar-refractivity contribution in [2.24, 2.45) is 34.0 Å². The summed E-state index contributed by atoms with van der Waals surface area (Å²) in [6.07, 6.45) is 4.36. The first-order chi connectivity index (χ1) is 16.6. The molecular formula is C27H29NO7. The molecule has 4 bridgehead atoms. The highest BCUT2D eigenvalue weighted by Gasteiger charge is 2.76. The lowest BCUT2D eigenvalue weighted by atomic mass is 9.35. The van der Waals surface area contributed by atoms with E-state index in [-0.39, 0.29) is 46.2 Å². The molecule has 1 aromatic rings. The second-order valence-corrected chi connectivity index (χ2v) is 11.5. The Bertz CT molecular complexity index is 1170. The highest BCUT2D eigenvalue weighted by Crippen LogP contribution is 2.73. The lowest BCUT2D eigenvalue weighted by molar-refractivity contribution is -0.384. The quantitative estimate of drug-likeness (QED) is 0.273. The summed E-state index contributed by atoms with van der Waals surface area (Å²) < 4.78 is 12.0. The average molecular weight is 480 g/mol. The van der Waals surface area contributed by atoms with E-state index in [1.807, 2.05) is 0 Å². The number of carbonyl (C=O) groups excluding carboxylic acids is 3. The van der Waals surface area contributed by atoms with Crippen LogP contribution in [0.2, 0.25) is 0 Å². The Balaban J connectivity index is 1.43. The van der Waals surface area contributed by atoms with Crippen LogP contribution in [0.1, 0.15) is 62.2 Å². The van der Waals surface area contributed by atoms with Crippen molar-refractivity contribution in [1.82, 2.24) is 0 Å². The Morgan fingerprint density at radius 3 is 2.57 bits per heavy atom. The average Bonchev–Trinajstić information content (AvgIpc) is 2.85. The van der Waals surface area contributed by atoms with Crippen molar-refractivity contribution in [3.8, 4) is 0 Å². The van der Waals surface area contributed by atoms with Gasteiger partial charge in [0.15, 0.2) is 5.78 Å². The second kappa shape index (κ2) is 7.24. The molecule has 7 atom stereocenters. The second-order valence-electron chi connectivity index (χ2n) is 11.5. The van der Waals surface area contributed by atoms with Crippen LogP contribution in [0.15, 0.2) is 36.4 Å². The summed E-state index contributed by atoms with van der Waals surface area (Å²) in [6.45, 7) is 6.62. The van der Waals surface area contributed by atoms with E-state index in [9.17, 15) is 24.5 Å². The molecular weight excluding hydrogens is 450 g/mol. The minimum Gasteiger partial charge on any atom is -0.465 e. The van der Waals surface area contributed by atoms with Gasteiger partial charge in [0, 0.05) is 17.5 Å². The molecule has 8 nitrogen and oxygen atoms in total. The first-order valence-electron chi connectivity index (χ1n) is 12.5. The number of non-ortho nitro benzene ring substituents is 1. The number of nitro benzene ring substituents is 1. The van der Waals surface area contributed by atoms with Crippen molar-refractivity contribution >= 4 is 23.4 Å². The van der Waals surface area contributed by atoms with E-state index < -0.39 is 27.8 Å². The zero-order valence-electron chi connectivity index (χ0n) is 19.8. The van der Waals surface area contributed by atoms with Crippen molar-refractivity contribution in [3.05, 3.63) is 52.1 Å². The van der Waals surface area contributed by atoms with Crippen molar-refractivity contribution in [2.45, 2.75) is 58.0 Å². The number of hydrogen-bond acceptors (Lipinski definition) is 7. The van der Waals surface area contributed by atoms with E-state index in [2.05, 4.69) is 13.5 Å². The predicted molar refractivity (Wildman–Crippen MR) is 123 cm³/mol. The summed E-state index contributed by atoms with van der Waals surface area (Å²) in [4.78, 5) is 51.2. The lowest BCUT2D eigenvalue weighted by Crippen LogP contribution is -2.73. The number of allylic oxidation sites excluding steroid dienone is 1. The number of esters is 2. The standard InChI is InChI=1S/C27H29NO7/c1-15-17-8-11-27(22(15)29)20(12-17)26-10-3-9-25(2,14-34-24(26)31)19(26)13-21(27)35-23(30)16-4-6-18(7-5-16)28(32)33/h4-7,17,19-21H,1,3,8-14H2,2H3/t17-,19?,20?,21+,25-,26?,27+/m0/s1. The van der Waals surface area contributed by atoms with Gasteiger partial charge < -0.3 is 9.47 Å². The van der Waals surface area contributed by atoms with Gasteiger partial charge in [-0.25, -0.2) is 4.79 Å². The monoisotopic (exact) mass is 479 g/mol. The highest BCUT2D eigenvalue weighted by molar-refractivity contribution is 6.03. The third-order valence-corrected chi connectivity index (χ3v) is 10.2. The molecule has 3 unspecified atom stereocenters. The summed E-state index contributed by atoms with van der Waals surface area (Å²) >= 11 is 0. The number of rotatable bonds is 3. The molecule has 5 saturated carbocycles. The van der Waals surface area contributed by atoms with E-state index in [1.165, 1.54) is 24.3 Å². The molecule has 7 rings (SSSR count). The van der Waals surface area contributed by atoms with E-state index in [0.717, 1.165) is 19.3 Å². The number of hydrogen-bond donors (Lipinski definition) is 0. The Morgan fingerprint density at radius 1 is 1.11 bits per heavy atom. The van der Waals surface area contributed by atoms with E-state index in [4.69, 9.17) is 9.47 Å². The Kier molecular flexibility index (Phi) is 4.64. The molecule has 1 spiro atoms. The summed E-state index contributed by atoms with van der Waals surface area (Å²) in [7, 11) is 0. The molecule has 6 fully saturated rings. The zero-order chi connectivity index (χ0) is 24.8. The van der Waals surface area contributed by atoms with Crippen LogP contribution < -0.4 is 0 Å². The SMILES string of the molecule is C=C1C(=O)[C@]23CC[C@H]1CC2C12CCC[C@@](C)(COC1=O)C2C[C@H]3OC(=O)c1ccc([N+](=O)[O-])cc1.